The summed E-state index contributed by atoms with van der Waals surface area (Å²) in [4.78, 5) is 9.04. The molecule has 0 unspecified atom stereocenters. The summed E-state index contributed by atoms with van der Waals surface area (Å²) < 4.78 is 1.04. The Morgan fingerprint density at radius 3 is 2.46 bits per heavy atom. The topological polar surface area (TPSA) is 49.8 Å². The Balaban J connectivity index is 1.84. The second-order valence-corrected chi connectivity index (χ2v) is 6.40. The predicted octanol–water partition coefficient (Wildman–Crippen LogP) is 5.60. The molecule has 2 aromatic carbocycles. The van der Waals surface area contributed by atoms with Crippen molar-refractivity contribution in [1.82, 2.24) is 9.97 Å². The largest absolute Gasteiger partial charge is 0.340 e. The molecule has 5 heteroatoms. The van der Waals surface area contributed by atoms with Crippen LogP contribution < -0.4 is 10.6 Å². The van der Waals surface area contributed by atoms with E-state index in [1.165, 1.54) is 5.56 Å². The van der Waals surface area contributed by atoms with Gasteiger partial charge >= 0.3 is 0 Å². The van der Waals surface area contributed by atoms with Crippen LogP contribution in [0.25, 0.3) is 0 Å². The van der Waals surface area contributed by atoms with Crippen LogP contribution in [0, 0.1) is 6.92 Å². The molecule has 0 aliphatic carbocycles. The molecule has 0 saturated carbocycles. The average molecular weight is 383 g/mol. The number of para-hydroxylation sites is 1. The Labute approximate surface area is 150 Å². The van der Waals surface area contributed by atoms with Gasteiger partial charge in [-0.05, 0) is 49.2 Å². The number of nitrogens with zero attached hydrogens (tertiary/aromatic N) is 2. The second kappa shape index (κ2) is 7.45. The molecule has 0 spiro atoms. The number of rotatable bonds is 5. The smallest absolute Gasteiger partial charge is 0.229 e. The molecule has 24 heavy (non-hydrogen) atoms. The molecule has 0 radical (unpaired) electrons. The normalized spacial score (nSPS) is 10.5. The van der Waals surface area contributed by atoms with Crippen LogP contribution in [-0.2, 0) is 6.42 Å². The summed E-state index contributed by atoms with van der Waals surface area (Å²) in [5.74, 6) is 1.36. The van der Waals surface area contributed by atoms with Gasteiger partial charge in [-0.1, -0.05) is 41.1 Å². The first kappa shape index (κ1) is 16.5. The van der Waals surface area contributed by atoms with Crippen LogP contribution >= 0.6 is 15.9 Å². The lowest BCUT2D eigenvalue weighted by Crippen LogP contribution is -2.03. The summed E-state index contributed by atoms with van der Waals surface area (Å²) in [6.45, 7) is 4.11. The van der Waals surface area contributed by atoms with Gasteiger partial charge in [0.1, 0.15) is 5.82 Å². The first-order valence-corrected chi connectivity index (χ1v) is 8.66. The molecular formula is C19H19BrN4. The van der Waals surface area contributed by atoms with Crippen molar-refractivity contribution < 1.29 is 0 Å². The monoisotopic (exact) mass is 382 g/mol. The van der Waals surface area contributed by atoms with Crippen molar-refractivity contribution in [2.24, 2.45) is 0 Å². The summed E-state index contributed by atoms with van der Waals surface area (Å²) in [7, 11) is 0. The fraction of sp³-hybridized carbons (Fsp3) is 0.158. The van der Waals surface area contributed by atoms with E-state index in [0.717, 1.165) is 33.8 Å². The summed E-state index contributed by atoms with van der Waals surface area (Å²) in [6, 6.07) is 18.1. The van der Waals surface area contributed by atoms with Crippen LogP contribution in [0.5, 0.6) is 0 Å². The molecule has 1 aromatic heterocycles. The van der Waals surface area contributed by atoms with Crippen LogP contribution in [0.2, 0.25) is 0 Å². The van der Waals surface area contributed by atoms with Gasteiger partial charge in [0.05, 0.1) is 0 Å². The molecule has 122 valence electrons. The van der Waals surface area contributed by atoms with Gasteiger partial charge in [-0.3, -0.25) is 0 Å². The van der Waals surface area contributed by atoms with Gasteiger partial charge in [0.25, 0.3) is 0 Å². The molecule has 0 amide bonds. The lowest BCUT2D eigenvalue weighted by molar-refractivity contribution is 1.10. The van der Waals surface area contributed by atoms with E-state index in [1.54, 1.807) is 0 Å². The first-order valence-electron chi connectivity index (χ1n) is 7.87. The van der Waals surface area contributed by atoms with Gasteiger partial charge in [0, 0.05) is 27.6 Å². The zero-order valence-electron chi connectivity index (χ0n) is 13.7. The first-order chi connectivity index (χ1) is 11.6. The zero-order valence-corrected chi connectivity index (χ0v) is 15.3. The fourth-order valence-electron chi connectivity index (χ4n) is 2.44. The van der Waals surface area contributed by atoms with E-state index in [-0.39, 0.29) is 0 Å². The Hall–Kier alpha value is -2.40. The molecule has 0 bridgehead atoms. The molecule has 0 fully saturated rings. The molecule has 1 heterocycles. The van der Waals surface area contributed by atoms with Crippen LogP contribution in [0.1, 0.15) is 18.2 Å². The highest BCUT2D eigenvalue weighted by atomic mass is 79.9. The van der Waals surface area contributed by atoms with Gasteiger partial charge < -0.3 is 10.6 Å². The minimum atomic E-state index is 0.578. The standard InChI is InChI=1S/C19H19BrN4/c1-3-14-6-4-5-7-17(14)23-18-12-13(2)21-19(24-18)22-16-10-8-15(20)9-11-16/h4-12H,3H2,1-2H3,(H2,21,22,23,24). The number of aromatic nitrogens is 2. The Bertz CT molecular complexity index is 831. The van der Waals surface area contributed by atoms with E-state index in [0.29, 0.717) is 5.95 Å². The van der Waals surface area contributed by atoms with Crippen LogP contribution in [0.15, 0.2) is 59.1 Å². The number of aryl methyl sites for hydroxylation is 2. The zero-order chi connectivity index (χ0) is 16.9. The quantitative estimate of drug-likeness (QED) is 0.602. The van der Waals surface area contributed by atoms with Crippen molar-refractivity contribution in [2.45, 2.75) is 20.3 Å². The molecular weight excluding hydrogens is 364 g/mol. The maximum atomic E-state index is 4.58. The van der Waals surface area contributed by atoms with E-state index in [1.807, 2.05) is 43.3 Å². The minimum absolute atomic E-state index is 0.578. The van der Waals surface area contributed by atoms with Gasteiger partial charge in [0.2, 0.25) is 5.95 Å². The maximum absolute atomic E-state index is 4.58. The summed E-state index contributed by atoms with van der Waals surface area (Å²) in [6.07, 6.45) is 0.969. The van der Waals surface area contributed by atoms with E-state index in [4.69, 9.17) is 0 Å². The van der Waals surface area contributed by atoms with E-state index >= 15 is 0 Å². The number of nitrogens with one attached hydrogen (secondary N) is 2. The van der Waals surface area contributed by atoms with Crippen LogP contribution in [0.4, 0.5) is 23.1 Å². The number of benzene rings is 2. The van der Waals surface area contributed by atoms with E-state index < -0.39 is 0 Å². The maximum Gasteiger partial charge on any atom is 0.229 e. The van der Waals surface area contributed by atoms with E-state index in [9.17, 15) is 0 Å². The van der Waals surface area contributed by atoms with Crippen molar-refractivity contribution in [2.75, 3.05) is 10.6 Å². The molecule has 2 N–H and O–H groups in total. The van der Waals surface area contributed by atoms with E-state index in [2.05, 4.69) is 61.7 Å². The van der Waals surface area contributed by atoms with Crippen molar-refractivity contribution in [1.29, 1.82) is 0 Å². The molecule has 3 aromatic rings. The summed E-state index contributed by atoms with van der Waals surface area (Å²) in [5, 5.41) is 6.64. The molecule has 0 saturated heterocycles. The number of anilines is 4. The third-order valence-electron chi connectivity index (χ3n) is 3.62. The SMILES string of the molecule is CCc1ccccc1Nc1cc(C)nc(Nc2ccc(Br)cc2)n1. The van der Waals surface area contributed by atoms with Crippen LogP contribution in [-0.4, -0.2) is 9.97 Å². The average Bonchev–Trinajstić information content (AvgIpc) is 2.57. The van der Waals surface area contributed by atoms with Crippen molar-refractivity contribution in [3.63, 3.8) is 0 Å². The Morgan fingerprint density at radius 2 is 1.71 bits per heavy atom. The van der Waals surface area contributed by atoms with Crippen LogP contribution in [0.3, 0.4) is 0 Å². The molecule has 0 aliphatic rings. The fourth-order valence-corrected chi connectivity index (χ4v) is 2.70. The lowest BCUT2D eigenvalue weighted by atomic mass is 10.1. The highest BCUT2D eigenvalue weighted by Crippen LogP contribution is 2.23. The predicted molar refractivity (Wildman–Crippen MR) is 103 cm³/mol. The van der Waals surface area contributed by atoms with Crippen molar-refractivity contribution in [3.05, 3.63) is 70.3 Å². The summed E-state index contributed by atoms with van der Waals surface area (Å²) in [5.41, 5.74) is 4.19. The van der Waals surface area contributed by atoms with Crippen molar-refractivity contribution >= 4 is 39.1 Å². The van der Waals surface area contributed by atoms with Gasteiger partial charge in [0.15, 0.2) is 0 Å². The molecule has 3 rings (SSSR count). The van der Waals surface area contributed by atoms with Gasteiger partial charge in [-0.2, -0.15) is 4.98 Å². The number of halogens is 1. The Morgan fingerprint density at radius 1 is 0.958 bits per heavy atom. The molecule has 0 aliphatic heterocycles. The Kier molecular flexibility index (Phi) is 5.11. The highest BCUT2D eigenvalue weighted by Gasteiger charge is 2.05. The molecule has 4 nitrogen and oxygen atoms in total. The summed E-state index contributed by atoms with van der Waals surface area (Å²) >= 11 is 3.44. The van der Waals surface area contributed by atoms with Crippen molar-refractivity contribution in [3.8, 4) is 0 Å². The highest BCUT2D eigenvalue weighted by molar-refractivity contribution is 9.10. The second-order valence-electron chi connectivity index (χ2n) is 5.49. The lowest BCUT2D eigenvalue weighted by Gasteiger charge is -2.12. The molecule has 0 atom stereocenters. The van der Waals surface area contributed by atoms with Gasteiger partial charge in [-0.15, -0.1) is 0 Å². The number of hydrogen-bond donors (Lipinski definition) is 2. The number of hydrogen-bond acceptors (Lipinski definition) is 4. The van der Waals surface area contributed by atoms with Gasteiger partial charge in [-0.25, -0.2) is 4.98 Å². The third kappa shape index (κ3) is 4.11. The minimum Gasteiger partial charge on any atom is -0.340 e. The third-order valence-corrected chi connectivity index (χ3v) is 4.14.